The first-order valence-corrected chi connectivity index (χ1v) is 4.76. The first-order chi connectivity index (χ1) is 7.26. The van der Waals surface area contributed by atoms with Crippen LogP contribution in [-0.4, -0.2) is 48.8 Å². The summed E-state index contributed by atoms with van der Waals surface area (Å²) in [6.07, 6.45) is -1.38. The van der Waals surface area contributed by atoms with E-state index in [4.69, 9.17) is 25.9 Å². The third kappa shape index (κ3) is 1.76. The maximum absolute atomic E-state index is 10.9. The Morgan fingerprint density at radius 3 is 2.93 bits per heavy atom. The second-order valence-corrected chi connectivity index (χ2v) is 3.50. The van der Waals surface area contributed by atoms with Crippen molar-refractivity contribution >= 4 is 6.16 Å². The minimum Gasteiger partial charge on any atom is -0.424 e. The van der Waals surface area contributed by atoms with Crippen molar-refractivity contribution in [3.8, 4) is 6.57 Å². The van der Waals surface area contributed by atoms with Gasteiger partial charge in [0, 0.05) is 0 Å². The van der Waals surface area contributed by atoms with E-state index in [-0.39, 0.29) is 25.4 Å². The highest BCUT2D eigenvalue weighted by Gasteiger charge is 2.58. The van der Waals surface area contributed by atoms with Gasteiger partial charge < -0.3 is 19.3 Å². The third-order valence-corrected chi connectivity index (χ3v) is 2.62. The molecule has 82 valence electrons. The highest BCUT2D eigenvalue weighted by molar-refractivity contribution is 5.63. The Kier molecular flexibility index (Phi) is 2.75. The van der Waals surface area contributed by atoms with Crippen LogP contribution in [0.2, 0.25) is 0 Å². The van der Waals surface area contributed by atoms with E-state index >= 15 is 0 Å². The maximum Gasteiger partial charge on any atom is 0.509 e. The van der Waals surface area contributed by atoms with E-state index in [9.17, 15) is 4.79 Å². The lowest BCUT2D eigenvalue weighted by atomic mass is 10.2. The Morgan fingerprint density at radius 1 is 1.53 bits per heavy atom. The van der Waals surface area contributed by atoms with Crippen molar-refractivity contribution in [3.63, 3.8) is 0 Å². The molecule has 0 aromatic heterocycles. The van der Waals surface area contributed by atoms with Crippen LogP contribution in [0.1, 0.15) is 6.42 Å². The van der Waals surface area contributed by atoms with Crippen LogP contribution >= 0.6 is 0 Å². The van der Waals surface area contributed by atoms with Gasteiger partial charge in [-0.2, -0.15) is 0 Å². The second kappa shape index (κ2) is 4.04. The molecule has 4 unspecified atom stereocenters. The van der Waals surface area contributed by atoms with Crippen molar-refractivity contribution in [1.82, 2.24) is 0 Å². The number of hydrogen-bond donors (Lipinski definition) is 1. The monoisotopic (exact) mass is 214 g/mol. The number of aliphatic hydroxyl groups is 1. The Bertz CT molecular complexity index is 299. The van der Waals surface area contributed by atoms with Crippen LogP contribution in [0.3, 0.4) is 0 Å². The summed E-state index contributed by atoms with van der Waals surface area (Å²) in [4.78, 5) is 14.5. The average molecular weight is 214 g/mol. The number of hydrogen-bond acceptors (Lipinski definition) is 5. The largest absolute Gasteiger partial charge is 0.509 e. The lowest BCUT2D eigenvalue weighted by Crippen LogP contribution is -2.30. The van der Waals surface area contributed by atoms with Gasteiger partial charge in [-0.05, 0) is 0 Å². The molecular weight excluding hydrogens is 202 g/mol. The zero-order valence-corrected chi connectivity index (χ0v) is 8.04. The second-order valence-electron chi connectivity index (χ2n) is 3.50. The molecule has 2 fully saturated rings. The number of nitrogens with zero attached hydrogens (tertiary/aromatic N) is 1. The first kappa shape index (κ1) is 10.2. The van der Waals surface area contributed by atoms with Crippen LogP contribution < -0.4 is 0 Å². The van der Waals surface area contributed by atoms with Crippen molar-refractivity contribution in [3.05, 3.63) is 4.85 Å². The quantitative estimate of drug-likeness (QED) is 0.670. The first-order valence-electron chi connectivity index (χ1n) is 4.76. The Morgan fingerprint density at radius 2 is 2.27 bits per heavy atom. The van der Waals surface area contributed by atoms with Crippen LogP contribution in [0.4, 0.5) is 4.79 Å². The van der Waals surface area contributed by atoms with Gasteiger partial charge >= 0.3 is 12.2 Å². The summed E-state index contributed by atoms with van der Waals surface area (Å²) in [5, 5.41) is 8.63. The predicted octanol–water partition coefficient (Wildman–Crippen LogP) is 0.00290. The van der Waals surface area contributed by atoms with Crippen LogP contribution in [-0.2, 0) is 14.2 Å². The van der Waals surface area contributed by atoms with Gasteiger partial charge in [-0.1, -0.05) is 4.85 Å². The fraction of sp³-hybridized carbons (Fsp3) is 0.778. The molecule has 1 aliphatic carbocycles. The van der Waals surface area contributed by atoms with Crippen molar-refractivity contribution in [2.24, 2.45) is 0 Å². The predicted molar refractivity (Wildman–Crippen MR) is 48.7 cm³/mol. The zero-order chi connectivity index (χ0) is 10.8. The lowest BCUT2D eigenvalue weighted by Gasteiger charge is -2.14. The zero-order valence-electron chi connectivity index (χ0n) is 8.04. The topological polar surface area (TPSA) is 69.3 Å². The summed E-state index contributed by atoms with van der Waals surface area (Å²) in [5.41, 5.74) is 0. The minimum absolute atomic E-state index is 0.0763. The van der Waals surface area contributed by atoms with Gasteiger partial charge in [0.2, 0.25) is 6.10 Å². The third-order valence-electron chi connectivity index (χ3n) is 2.62. The number of ether oxygens (including phenoxy) is 3. The molecule has 1 aliphatic heterocycles. The van der Waals surface area contributed by atoms with E-state index in [1.54, 1.807) is 0 Å². The summed E-state index contributed by atoms with van der Waals surface area (Å²) in [5.74, 6) is 0. The van der Waals surface area contributed by atoms with Gasteiger partial charge in [0.15, 0.2) is 6.10 Å². The number of fused-ring (bicyclic) bond motifs is 1. The van der Waals surface area contributed by atoms with Gasteiger partial charge in [-0.25, -0.2) is 4.79 Å². The fourth-order valence-electron chi connectivity index (χ4n) is 1.99. The van der Waals surface area contributed by atoms with Crippen molar-refractivity contribution in [2.45, 2.75) is 30.8 Å². The highest BCUT2D eigenvalue weighted by Crippen LogP contribution is 2.35. The molecule has 1 N–H and O–H groups in total. The molecule has 0 radical (unpaired) electrons. The average Bonchev–Trinajstić information content (AvgIpc) is 2.73. The summed E-state index contributed by atoms with van der Waals surface area (Å²) >= 11 is 0. The van der Waals surface area contributed by atoms with E-state index in [1.807, 2.05) is 0 Å². The maximum atomic E-state index is 10.9. The van der Waals surface area contributed by atoms with Gasteiger partial charge in [0.05, 0.1) is 19.6 Å². The van der Waals surface area contributed by atoms with Crippen molar-refractivity contribution in [1.29, 1.82) is 0 Å². The molecule has 0 amide bonds. The molecule has 1 saturated heterocycles. The number of rotatable bonds is 3. The smallest absolute Gasteiger partial charge is 0.424 e. The number of aliphatic hydroxyl groups excluding tert-OH is 1. The Labute approximate surface area is 86.5 Å². The summed E-state index contributed by atoms with van der Waals surface area (Å²) in [6.45, 7) is 5.32. The molecule has 2 rings (SSSR count). The van der Waals surface area contributed by atoms with E-state index in [0.29, 0.717) is 6.42 Å². The molecule has 0 aromatic carbocycles. The molecule has 1 saturated carbocycles. The molecule has 6 heteroatoms. The van der Waals surface area contributed by atoms with E-state index in [0.717, 1.165) is 0 Å². The molecule has 1 heterocycles. The molecule has 6 nitrogen and oxygen atoms in total. The SMILES string of the molecule is C#[N+]C1CC(OCCO)C2OC(=O)OC12. The number of carbonyl (C=O) groups is 1. The van der Waals surface area contributed by atoms with E-state index in [2.05, 4.69) is 4.85 Å². The van der Waals surface area contributed by atoms with Gasteiger partial charge in [0.1, 0.15) is 6.10 Å². The van der Waals surface area contributed by atoms with Crippen LogP contribution in [0.25, 0.3) is 4.85 Å². The summed E-state index contributed by atoms with van der Waals surface area (Å²) in [7, 11) is 0. The summed E-state index contributed by atoms with van der Waals surface area (Å²) in [6, 6.07) is -0.287. The lowest BCUT2D eigenvalue weighted by molar-refractivity contribution is -0.0272. The summed E-state index contributed by atoms with van der Waals surface area (Å²) < 4.78 is 15.2. The molecule has 2 aliphatic rings. The molecule has 0 spiro atoms. The van der Waals surface area contributed by atoms with E-state index < -0.39 is 18.4 Å². The van der Waals surface area contributed by atoms with Gasteiger partial charge in [0.25, 0.3) is 6.57 Å². The molecule has 4 atom stereocenters. The highest BCUT2D eigenvalue weighted by atomic mass is 16.8. The molecule has 0 bridgehead atoms. The van der Waals surface area contributed by atoms with Crippen LogP contribution in [0.15, 0.2) is 0 Å². The normalized spacial score (nSPS) is 38.0. The molecule has 15 heavy (non-hydrogen) atoms. The molecule has 0 aromatic rings. The number of carbonyl (C=O) groups excluding carboxylic acids is 1. The van der Waals surface area contributed by atoms with Crippen molar-refractivity contribution < 1.29 is 24.1 Å². The molecular formula is C9H12NO5+. The van der Waals surface area contributed by atoms with Gasteiger partial charge in [-0.15, -0.1) is 0 Å². The van der Waals surface area contributed by atoms with Crippen LogP contribution in [0, 0.1) is 6.57 Å². The van der Waals surface area contributed by atoms with Gasteiger partial charge in [-0.3, -0.25) is 0 Å². The standard InChI is InChI=1S/C9H12NO5/c1-10-5-4-6(13-3-2-11)8-7(5)14-9(12)15-8/h1,5-8,11H,2-4H2/q+1. The fourth-order valence-corrected chi connectivity index (χ4v) is 1.99. The Hall–Kier alpha value is -1.32. The van der Waals surface area contributed by atoms with E-state index in [1.165, 1.54) is 0 Å². The van der Waals surface area contributed by atoms with Crippen molar-refractivity contribution in [2.75, 3.05) is 13.2 Å². The Balaban J connectivity index is 2.03. The van der Waals surface area contributed by atoms with Crippen LogP contribution in [0.5, 0.6) is 0 Å². The minimum atomic E-state index is -0.712.